The van der Waals surface area contributed by atoms with Gasteiger partial charge in [0.15, 0.2) is 0 Å². The maximum Gasteiger partial charge on any atom is 0.298 e. The Morgan fingerprint density at radius 1 is 0.903 bits per heavy atom. The van der Waals surface area contributed by atoms with Gasteiger partial charge in [-0.25, -0.2) is 0 Å². The van der Waals surface area contributed by atoms with E-state index in [1.54, 1.807) is 4.40 Å². The molecule has 0 saturated carbocycles. The van der Waals surface area contributed by atoms with Crippen LogP contribution in [0.3, 0.4) is 0 Å². The van der Waals surface area contributed by atoms with Gasteiger partial charge in [0.25, 0.3) is 11.7 Å². The van der Waals surface area contributed by atoms with E-state index >= 15 is 0 Å². The zero-order valence-corrected chi connectivity index (χ0v) is 18.3. The van der Waals surface area contributed by atoms with Crippen LogP contribution >= 0.6 is 0 Å². The molecule has 0 aliphatic rings. The third-order valence-corrected chi connectivity index (χ3v) is 5.63. The molecule has 0 bridgehead atoms. The number of Topliss-reactive ketones (excluding diaryl/α,β-unsaturated/α-hetero) is 1. The third-order valence-electron chi connectivity index (χ3n) is 5.63. The van der Waals surface area contributed by atoms with Gasteiger partial charge in [0.05, 0.1) is 0 Å². The van der Waals surface area contributed by atoms with E-state index in [4.69, 9.17) is 0 Å². The summed E-state index contributed by atoms with van der Waals surface area (Å²) in [6.07, 6.45) is 1.82. The van der Waals surface area contributed by atoms with Gasteiger partial charge in [0.1, 0.15) is 5.69 Å². The van der Waals surface area contributed by atoms with Gasteiger partial charge in [-0.1, -0.05) is 67.9 Å². The number of nitrogens with one attached hydrogen (secondary N) is 1. The van der Waals surface area contributed by atoms with Crippen molar-refractivity contribution >= 4 is 22.9 Å². The minimum atomic E-state index is -0.631. The maximum absolute atomic E-state index is 13.4. The number of aryl methyl sites for hydroxylation is 2. The number of anilines is 1. The van der Waals surface area contributed by atoms with E-state index in [9.17, 15) is 9.59 Å². The average molecular weight is 411 g/mol. The van der Waals surface area contributed by atoms with Crippen LogP contribution in [-0.2, 0) is 4.79 Å². The number of hydrogen-bond acceptors (Lipinski definition) is 2. The lowest BCUT2D eigenvalue weighted by molar-refractivity contribution is -0.112. The Kier molecular flexibility index (Phi) is 5.47. The topological polar surface area (TPSA) is 50.6 Å². The molecule has 1 N–H and O–H groups in total. The van der Waals surface area contributed by atoms with Crippen molar-refractivity contribution in [1.29, 1.82) is 0 Å². The number of amides is 1. The molecule has 4 nitrogen and oxygen atoms in total. The number of carbonyl (C=O) groups is 2. The second-order valence-corrected chi connectivity index (χ2v) is 8.25. The Balaban J connectivity index is 1.79. The van der Waals surface area contributed by atoms with Crippen molar-refractivity contribution in [1.82, 2.24) is 4.40 Å². The van der Waals surface area contributed by atoms with Crippen LogP contribution in [0.15, 0.2) is 72.9 Å². The molecule has 0 spiro atoms. The maximum atomic E-state index is 13.4. The highest BCUT2D eigenvalue weighted by Gasteiger charge is 2.26. The quantitative estimate of drug-likeness (QED) is 0.316. The van der Waals surface area contributed by atoms with E-state index in [1.807, 2.05) is 86.8 Å². The Hall–Kier alpha value is -3.66. The number of fused-ring (bicyclic) bond motifs is 1. The molecule has 0 aliphatic carbocycles. The van der Waals surface area contributed by atoms with Crippen LogP contribution in [0, 0.1) is 13.8 Å². The van der Waals surface area contributed by atoms with E-state index in [1.165, 1.54) is 0 Å². The van der Waals surface area contributed by atoms with Crippen LogP contribution in [0.25, 0.3) is 16.6 Å². The number of ketones is 1. The molecule has 0 unspecified atom stereocenters. The number of benzene rings is 2. The number of hydrogen-bond donors (Lipinski definition) is 1. The molecule has 31 heavy (non-hydrogen) atoms. The summed E-state index contributed by atoms with van der Waals surface area (Å²) in [6, 6.07) is 21.6. The predicted molar refractivity (Wildman–Crippen MR) is 126 cm³/mol. The van der Waals surface area contributed by atoms with Crippen LogP contribution in [-0.4, -0.2) is 16.1 Å². The molecule has 0 aliphatic heterocycles. The van der Waals surface area contributed by atoms with Crippen molar-refractivity contribution in [3.05, 3.63) is 95.3 Å². The molecular weight excluding hydrogens is 384 g/mol. The summed E-state index contributed by atoms with van der Waals surface area (Å²) in [7, 11) is 0. The number of nitrogens with zero attached hydrogens (tertiary/aromatic N) is 1. The number of para-hydroxylation sites is 1. The lowest BCUT2D eigenvalue weighted by atomic mass is 9.97. The van der Waals surface area contributed by atoms with Crippen molar-refractivity contribution in [3.8, 4) is 11.1 Å². The fraction of sp³-hybridized carbons (Fsp3) is 0.185. The van der Waals surface area contributed by atoms with E-state index in [0.29, 0.717) is 11.4 Å². The molecular formula is C27H26N2O2. The molecule has 1 amide bonds. The summed E-state index contributed by atoms with van der Waals surface area (Å²) in [6.45, 7) is 8.11. The molecule has 2 aromatic heterocycles. The van der Waals surface area contributed by atoms with Crippen molar-refractivity contribution in [2.24, 2.45) is 0 Å². The summed E-state index contributed by atoms with van der Waals surface area (Å²) < 4.78 is 1.79. The van der Waals surface area contributed by atoms with Gasteiger partial charge >= 0.3 is 0 Å². The first-order valence-corrected chi connectivity index (χ1v) is 10.5. The Bertz CT molecular complexity index is 1280. The molecule has 0 radical (unpaired) electrons. The highest BCUT2D eigenvalue weighted by atomic mass is 16.2. The van der Waals surface area contributed by atoms with Crippen molar-refractivity contribution in [2.75, 3.05) is 5.32 Å². The standard InChI is InChI=1S/C27H26N2O2/c1-17(2)22-10-7-8-19(4)24(22)28-27(31)26(30)25-23(20-13-11-18(3)12-14-20)16-21-9-5-6-15-29(21)25/h5-17H,1-4H3,(H,28,31). The van der Waals surface area contributed by atoms with Gasteiger partial charge in [-0.15, -0.1) is 0 Å². The zero-order chi connectivity index (χ0) is 22.1. The second kappa shape index (κ2) is 8.23. The summed E-state index contributed by atoms with van der Waals surface area (Å²) in [4.78, 5) is 26.6. The van der Waals surface area contributed by atoms with E-state index in [0.717, 1.165) is 33.3 Å². The summed E-state index contributed by atoms with van der Waals surface area (Å²) in [5.74, 6) is -0.962. The monoisotopic (exact) mass is 410 g/mol. The molecule has 4 rings (SSSR count). The fourth-order valence-corrected chi connectivity index (χ4v) is 3.93. The number of carbonyl (C=O) groups excluding carboxylic acids is 2. The van der Waals surface area contributed by atoms with Crippen molar-refractivity contribution in [3.63, 3.8) is 0 Å². The smallest absolute Gasteiger partial charge is 0.298 e. The molecule has 0 saturated heterocycles. The third kappa shape index (κ3) is 3.89. The first kappa shape index (κ1) is 20.6. The molecule has 0 atom stereocenters. The largest absolute Gasteiger partial charge is 0.319 e. The summed E-state index contributed by atoms with van der Waals surface area (Å²) in [5, 5.41) is 2.90. The van der Waals surface area contributed by atoms with E-state index < -0.39 is 11.7 Å². The summed E-state index contributed by atoms with van der Waals surface area (Å²) >= 11 is 0. The average Bonchev–Trinajstić information content (AvgIpc) is 3.14. The van der Waals surface area contributed by atoms with Crippen LogP contribution < -0.4 is 5.32 Å². The van der Waals surface area contributed by atoms with Crippen LogP contribution in [0.4, 0.5) is 5.69 Å². The predicted octanol–water partition coefficient (Wildman–Crippen LogP) is 6.17. The minimum absolute atomic E-state index is 0.225. The fourth-order valence-electron chi connectivity index (χ4n) is 3.93. The molecule has 2 heterocycles. The zero-order valence-electron chi connectivity index (χ0n) is 18.3. The van der Waals surface area contributed by atoms with Gasteiger partial charge in [-0.05, 0) is 54.7 Å². The lowest BCUT2D eigenvalue weighted by Crippen LogP contribution is -2.25. The first-order valence-electron chi connectivity index (χ1n) is 10.5. The highest BCUT2D eigenvalue weighted by Crippen LogP contribution is 2.30. The Morgan fingerprint density at radius 2 is 1.65 bits per heavy atom. The van der Waals surface area contributed by atoms with Gasteiger partial charge in [0, 0.05) is 23.0 Å². The minimum Gasteiger partial charge on any atom is -0.319 e. The number of aromatic nitrogens is 1. The Labute approximate surface area is 182 Å². The normalized spacial score (nSPS) is 11.1. The van der Waals surface area contributed by atoms with Crippen molar-refractivity contribution in [2.45, 2.75) is 33.6 Å². The van der Waals surface area contributed by atoms with Gasteiger partial charge < -0.3 is 9.72 Å². The summed E-state index contributed by atoms with van der Waals surface area (Å²) in [5.41, 5.74) is 6.70. The van der Waals surface area contributed by atoms with Crippen LogP contribution in [0.2, 0.25) is 0 Å². The molecule has 4 aromatic rings. The molecule has 2 aromatic carbocycles. The molecule has 156 valence electrons. The Morgan fingerprint density at radius 3 is 2.35 bits per heavy atom. The first-order chi connectivity index (χ1) is 14.9. The van der Waals surface area contributed by atoms with Crippen LogP contribution in [0.1, 0.15) is 46.9 Å². The number of pyridine rings is 1. The number of rotatable bonds is 5. The van der Waals surface area contributed by atoms with Gasteiger partial charge in [0.2, 0.25) is 0 Å². The second-order valence-electron chi connectivity index (χ2n) is 8.25. The van der Waals surface area contributed by atoms with Crippen LogP contribution in [0.5, 0.6) is 0 Å². The molecule has 0 fully saturated rings. The van der Waals surface area contributed by atoms with E-state index in [-0.39, 0.29) is 5.92 Å². The molecule has 4 heteroatoms. The van der Waals surface area contributed by atoms with Gasteiger partial charge in [-0.3, -0.25) is 9.59 Å². The van der Waals surface area contributed by atoms with Gasteiger partial charge in [-0.2, -0.15) is 0 Å². The highest BCUT2D eigenvalue weighted by molar-refractivity contribution is 6.47. The van der Waals surface area contributed by atoms with Crippen molar-refractivity contribution < 1.29 is 9.59 Å². The van der Waals surface area contributed by atoms with E-state index in [2.05, 4.69) is 19.2 Å². The SMILES string of the molecule is Cc1ccc(-c2cc3ccccn3c2C(=O)C(=O)Nc2c(C)cccc2C(C)C)cc1. The lowest BCUT2D eigenvalue weighted by Gasteiger charge is -2.16.